The number of hydrogen-bond donors (Lipinski definition) is 1. The summed E-state index contributed by atoms with van der Waals surface area (Å²) in [6.07, 6.45) is 1.74. The van der Waals surface area contributed by atoms with Crippen LogP contribution >= 0.6 is 23.1 Å². The summed E-state index contributed by atoms with van der Waals surface area (Å²) < 4.78 is 13.9. The van der Waals surface area contributed by atoms with Gasteiger partial charge in [0.1, 0.15) is 5.82 Å². The van der Waals surface area contributed by atoms with Crippen LogP contribution in [0.5, 0.6) is 0 Å². The first kappa shape index (κ1) is 18.4. The molecule has 0 unspecified atom stereocenters. The average Bonchev–Trinajstić information content (AvgIpc) is 2.99. The molecule has 1 heterocycles. The van der Waals surface area contributed by atoms with Gasteiger partial charge in [0.2, 0.25) is 11.0 Å². The molecule has 128 valence electrons. The molecule has 1 aromatic carbocycles. The van der Waals surface area contributed by atoms with Gasteiger partial charge < -0.3 is 10.2 Å². The second-order valence-electron chi connectivity index (χ2n) is 5.13. The normalized spacial score (nSPS) is 11.8. The number of nitrogens with one attached hydrogen (secondary N) is 1. The van der Waals surface area contributed by atoms with Crippen LogP contribution in [0.1, 0.15) is 12.5 Å². The lowest BCUT2D eigenvalue weighted by Gasteiger charge is -2.20. The van der Waals surface area contributed by atoms with Gasteiger partial charge in [0.15, 0.2) is 4.34 Å². The first-order valence-corrected chi connectivity index (χ1v) is 9.03. The molecule has 2 rings (SSSR count). The third-order valence-corrected chi connectivity index (χ3v) is 5.17. The maximum absolute atomic E-state index is 13.2. The summed E-state index contributed by atoms with van der Waals surface area (Å²) in [4.78, 5) is 14.0. The summed E-state index contributed by atoms with van der Waals surface area (Å²) in [5.74, 6) is -0.343. The highest BCUT2D eigenvalue weighted by molar-refractivity contribution is 8.02. The summed E-state index contributed by atoms with van der Waals surface area (Å²) in [6.45, 7) is 6.44. The number of thioether (sulfide) groups is 1. The Morgan fingerprint density at radius 2 is 2.33 bits per heavy atom. The Morgan fingerprint density at radius 1 is 1.54 bits per heavy atom. The Labute approximate surface area is 149 Å². The Morgan fingerprint density at radius 3 is 3.04 bits per heavy atom. The van der Waals surface area contributed by atoms with Gasteiger partial charge in [-0.1, -0.05) is 41.3 Å². The van der Waals surface area contributed by atoms with E-state index in [1.807, 2.05) is 6.92 Å². The second-order valence-corrected chi connectivity index (χ2v) is 7.69. The predicted molar refractivity (Wildman–Crippen MR) is 96.8 cm³/mol. The molecule has 0 aliphatic rings. The zero-order chi connectivity index (χ0) is 17.5. The molecule has 1 aromatic heterocycles. The minimum Gasteiger partial charge on any atom is -0.357 e. The Balaban J connectivity index is 1.91. The first-order valence-electron chi connectivity index (χ1n) is 7.34. The van der Waals surface area contributed by atoms with Crippen LogP contribution in [0.15, 0.2) is 41.3 Å². The fourth-order valence-corrected chi connectivity index (χ4v) is 4.01. The highest BCUT2D eigenvalue weighted by atomic mass is 32.2. The second kappa shape index (κ2) is 8.79. The molecule has 1 amide bonds. The Kier molecular flexibility index (Phi) is 6.74. The molecule has 24 heavy (non-hydrogen) atoms. The minimum absolute atomic E-state index is 0.0416. The van der Waals surface area contributed by atoms with Gasteiger partial charge in [0, 0.05) is 20.1 Å². The average molecular weight is 366 g/mol. The van der Waals surface area contributed by atoms with Crippen LogP contribution in [0.2, 0.25) is 0 Å². The summed E-state index contributed by atoms with van der Waals surface area (Å²) in [7, 11) is 1.71. The van der Waals surface area contributed by atoms with Gasteiger partial charge in [0.25, 0.3) is 0 Å². The van der Waals surface area contributed by atoms with E-state index >= 15 is 0 Å². The number of rotatable bonds is 8. The fourth-order valence-electron chi connectivity index (χ4n) is 1.99. The van der Waals surface area contributed by atoms with Crippen molar-refractivity contribution in [3.63, 3.8) is 0 Å². The maximum atomic E-state index is 13.2. The van der Waals surface area contributed by atoms with Crippen molar-refractivity contribution in [3.8, 4) is 0 Å². The van der Waals surface area contributed by atoms with Gasteiger partial charge >= 0.3 is 0 Å². The van der Waals surface area contributed by atoms with E-state index < -0.39 is 0 Å². The summed E-state index contributed by atoms with van der Waals surface area (Å²) in [6, 6.07) is 6.26. The summed E-state index contributed by atoms with van der Waals surface area (Å²) in [5, 5.41) is 11.5. The van der Waals surface area contributed by atoms with E-state index in [1.54, 1.807) is 30.2 Å². The number of amides is 1. The topological polar surface area (TPSA) is 58.1 Å². The largest absolute Gasteiger partial charge is 0.357 e. The van der Waals surface area contributed by atoms with E-state index in [0.29, 0.717) is 18.2 Å². The van der Waals surface area contributed by atoms with Crippen molar-refractivity contribution in [2.75, 3.05) is 18.9 Å². The molecular formula is C16H19FN4OS2. The molecule has 8 heteroatoms. The maximum Gasteiger partial charge on any atom is 0.235 e. The highest BCUT2D eigenvalue weighted by Gasteiger charge is 2.20. The summed E-state index contributed by atoms with van der Waals surface area (Å²) in [5.41, 5.74) is 0.759. The highest BCUT2D eigenvalue weighted by Crippen LogP contribution is 2.29. The number of halogens is 1. The van der Waals surface area contributed by atoms with E-state index in [4.69, 9.17) is 0 Å². The van der Waals surface area contributed by atoms with Crippen LogP contribution < -0.4 is 5.32 Å². The molecule has 0 aliphatic carbocycles. The molecular weight excluding hydrogens is 347 g/mol. The van der Waals surface area contributed by atoms with Crippen LogP contribution in [-0.2, 0) is 11.3 Å². The minimum atomic E-state index is -0.302. The van der Waals surface area contributed by atoms with E-state index in [0.717, 1.165) is 9.90 Å². The lowest BCUT2D eigenvalue weighted by atomic mass is 10.2. The van der Waals surface area contributed by atoms with Crippen LogP contribution in [0.25, 0.3) is 0 Å². The van der Waals surface area contributed by atoms with Gasteiger partial charge in [-0.2, -0.15) is 0 Å². The number of hydrogen-bond acceptors (Lipinski definition) is 6. The van der Waals surface area contributed by atoms with Crippen molar-refractivity contribution in [1.29, 1.82) is 0 Å². The van der Waals surface area contributed by atoms with E-state index in [2.05, 4.69) is 22.1 Å². The van der Waals surface area contributed by atoms with E-state index in [-0.39, 0.29) is 17.0 Å². The SMILES string of the molecule is C=CCNc1nnc(S[C@@H](C)C(=O)N(C)Cc2cccc(F)c2)s1. The van der Waals surface area contributed by atoms with Crippen LogP contribution in [0.3, 0.4) is 0 Å². The van der Waals surface area contributed by atoms with Crippen molar-refractivity contribution < 1.29 is 9.18 Å². The van der Waals surface area contributed by atoms with E-state index in [9.17, 15) is 9.18 Å². The quantitative estimate of drug-likeness (QED) is 0.573. The van der Waals surface area contributed by atoms with Crippen molar-refractivity contribution in [2.24, 2.45) is 0 Å². The van der Waals surface area contributed by atoms with Gasteiger partial charge in [-0.05, 0) is 24.6 Å². The lowest BCUT2D eigenvalue weighted by Crippen LogP contribution is -2.32. The van der Waals surface area contributed by atoms with Crippen molar-refractivity contribution in [2.45, 2.75) is 23.1 Å². The van der Waals surface area contributed by atoms with Gasteiger partial charge in [0.05, 0.1) is 5.25 Å². The van der Waals surface area contributed by atoms with Crippen molar-refractivity contribution >= 4 is 34.1 Å². The molecule has 2 aromatic rings. The number of anilines is 1. The molecule has 0 fully saturated rings. The molecule has 1 atom stereocenters. The Bertz CT molecular complexity index is 707. The molecule has 0 spiro atoms. The molecule has 0 aliphatic heterocycles. The van der Waals surface area contributed by atoms with Gasteiger partial charge in [-0.3, -0.25) is 4.79 Å². The standard InChI is InChI=1S/C16H19FN4OS2/c1-4-8-18-15-19-20-16(24-15)23-11(2)14(22)21(3)10-12-6-5-7-13(17)9-12/h4-7,9,11H,1,8,10H2,2-3H3,(H,18,19)/t11-/m0/s1. The third-order valence-electron chi connectivity index (χ3n) is 3.11. The Hall–Kier alpha value is -1.93. The zero-order valence-electron chi connectivity index (χ0n) is 13.5. The molecule has 0 radical (unpaired) electrons. The van der Waals surface area contributed by atoms with Crippen LogP contribution in [-0.4, -0.2) is 39.8 Å². The summed E-state index contributed by atoms with van der Waals surface area (Å²) >= 11 is 2.76. The fraction of sp³-hybridized carbons (Fsp3) is 0.312. The van der Waals surface area contributed by atoms with Crippen molar-refractivity contribution in [3.05, 3.63) is 48.3 Å². The van der Waals surface area contributed by atoms with Crippen LogP contribution in [0, 0.1) is 5.82 Å². The van der Waals surface area contributed by atoms with Crippen molar-refractivity contribution in [1.82, 2.24) is 15.1 Å². The zero-order valence-corrected chi connectivity index (χ0v) is 15.2. The lowest BCUT2D eigenvalue weighted by molar-refractivity contribution is -0.129. The molecule has 0 saturated carbocycles. The van der Waals surface area contributed by atoms with Gasteiger partial charge in [-0.25, -0.2) is 4.39 Å². The molecule has 5 nitrogen and oxygen atoms in total. The predicted octanol–water partition coefficient (Wildman–Crippen LogP) is 3.41. The molecule has 1 N–H and O–H groups in total. The monoisotopic (exact) mass is 366 g/mol. The number of carbonyl (C=O) groups excluding carboxylic acids is 1. The van der Waals surface area contributed by atoms with Crippen LogP contribution in [0.4, 0.5) is 9.52 Å². The molecule has 0 saturated heterocycles. The van der Waals surface area contributed by atoms with Gasteiger partial charge in [-0.15, -0.1) is 16.8 Å². The van der Waals surface area contributed by atoms with E-state index in [1.165, 1.54) is 35.2 Å². The number of carbonyl (C=O) groups is 1. The number of benzene rings is 1. The smallest absolute Gasteiger partial charge is 0.235 e. The molecule has 0 bridgehead atoms. The first-order chi connectivity index (χ1) is 11.5. The number of nitrogens with zero attached hydrogens (tertiary/aromatic N) is 3. The number of aromatic nitrogens is 2. The third kappa shape index (κ3) is 5.31.